The monoisotopic (exact) mass is 440 g/mol. The highest BCUT2D eigenvalue weighted by Gasteiger charge is 2.34. The first-order valence-corrected chi connectivity index (χ1v) is 11.9. The van der Waals surface area contributed by atoms with E-state index in [9.17, 15) is 13.2 Å². The predicted octanol–water partition coefficient (Wildman–Crippen LogP) is 2.47. The lowest BCUT2D eigenvalue weighted by Gasteiger charge is -2.38. The van der Waals surface area contributed by atoms with E-state index < -0.39 is 10.0 Å². The van der Waals surface area contributed by atoms with Crippen LogP contribution in [0.4, 0.5) is 0 Å². The van der Waals surface area contributed by atoms with E-state index in [1.54, 1.807) is 4.90 Å². The van der Waals surface area contributed by atoms with E-state index in [1.807, 2.05) is 50.2 Å². The van der Waals surface area contributed by atoms with Crippen LogP contribution in [0.2, 0.25) is 0 Å². The molecule has 1 saturated heterocycles. The summed E-state index contributed by atoms with van der Waals surface area (Å²) in [5.41, 5.74) is 1.36. The summed E-state index contributed by atoms with van der Waals surface area (Å²) in [6.45, 7) is 6.74. The molecule has 1 amide bonds. The molecule has 7 nitrogen and oxygen atoms in total. The number of piperazine rings is 1. The number of nitriles is 1. The summed E-state index contributed by atoms with van der Waals surface area (Å²) in [7, 11) is -3.66. The zero-order chi connectivity index (χ0) is 22.4. The molecule has 0 N–H and O–H groups in total. The maximum absolute atomic E-state index is 13.4. The molecule has 0 aromatic heterocycles. The average molecular weight is 441 g/mol. The first kappa shape index (κ1) is 22.9. The van der Waals surface area contributed by atoms with Crippen LogP contribution in [0.25, 0.3) is 0 Å². The Labute approximate surface area is 184 Å². The van der Waals surface area contributed by atoms with Crippen molar-refractivity contribution in [2.45, 2.75) is 24.8 Å². The summed E-state index contributed by atoms with van der Waals surface area (Å²) in [4.78, 5) is 17.5. The Hall–Kier alpha value is -2.73. The zero-order valence-corrected chi connectivity index (χ0v) is 18.8. The highest BCUT2D eigenvalue weighted by molar-refractivity contribution is 7.89. The van der Waals surface area contributed by atoms with Crippen LogP contribution in [0, 0.1) is 11.3 Å². The van der Waals surface area contributed by atoms with Gasteiger partial charge in [0.2, 0.25) is 15.9 Å². The molecule has 0 bridgehead atoms. The number of hydrogen-bond acceptors (Lipinski definition) is 5. The van der Waals surface area contributed by atoms with Crippen molar-refractivity contribution in [3.05, 3.63) is 65.7 Å². The van der Waals surface area contributed by atoms with Crippen molar-refractivity contribution in [3.8, 4) is 6.07 Å². The summed E-state index contributed by atoms with van der Waals surface area (Å²) in [5.74, 6) is 0.00493. The van der Waals surface area contributed by atoms with Gasteiger partial charge in [-0.05, 0) is 42.9 Å². The van der Waals surface area contributed by atoms with E-state index in [-0.39, 0.29) is 29.9 Å². The van der Waals surface area contributed by atoms with Crippen LogP contribution in [0.5, 0.6) is 0 Å². The van der Waals surface area contributed by atoms with Gasteiger partial charge in [0.1, 0.15) is 6.04 Å². The smallest absolute Gasteiger partial charge is 0.244 e. The first-order valence-electron chi connectivity index (χ1n) is 10.5. The Bertz CT molecular complexity index is 1020. The fourth-order valence-electron chi connectivity index (χ4n) is 3.91. The third-order valence-electron chi connectivity index (χ3n) is 5.70. The topological polar surface area (TPSA) is 84.7 Å². The molecule has 0 radical (unpaired) electrons. The minimum Gasteiger partial charge on any atom is -0.338 e. The molecule has 1 aliphatic rings. The average Bonchev–Trinajstić information content (AvgIpc) is 2.82. The number of sulfonamides is 1. The second kappa shape index (κ2) is 10.1. The zero-order valence-electron chi connectivity index (χ0n) is 17.9. The quantitative estimate of drug-likeness (QED) is 0.660. The SMILES string of the molecule is CCN(CC)C(C(=O)N1CCN(S(=O)(=O)c2ccc(C#N)cc2)CC1)c1ccccc1. The van der Waals surface area contributed by atoms with Crippen LogP contribution in [-0.4, -0.2) is 67.7 Å². The van der Waals surface area contributed by atoms with E-state index in [1.165, 1.54) is 28.6 Å². The number of rotatable bonds is 7. The van der Waals surface area contributed by atoms with Gasteiger partial charge >= 0.3 is 0 Å². The fourth-order valence-corrected chi connectivity index (χ4v) is 5.33. The van der Waals surface area contributed by atoms with E-state index in [0.717, 1.165) is 18.7 Å². The lowest BCUT2D eigenvalue weighted by Crippen LogP contribution is -2.53. The maximum atomic E-state index is 13.4. The van der Waals surface area contributed by atoms with Gasteiger partial charge in [0, 0.05) is 26.2 Å². The molecule has 8 heteroatoms. The van der Waals surface area contributed by atoms with Gasteiger partial charge in [-0.3, -0.25) is 9.69 Å². The molecule has 1 aliphatic heterocycles. The number of amides is 1. The van der Waals surface area contributed by atoms with Gasteiger partial charge in [-0.25, -0.2) is 8.42 Å². The molecule has 2 aromatic rings. The molecule has 0 aliphatic carbocycles. The number of nitrogens with zero attached hydrogens (tertiary/aromatic N) is 4. The molecule has 31 heavy (non-hydrogen) atoms. The maximum Gasteiger partial charge on any atom is 0.244 e. The fraction of sp³-hybridized carbons (Fsp3) is 0.391. The summed E-state index contributed by atoms with van der Waals surface area (Å²) in [5, 5.41) is 8.91. The molecule has 3 rings (SSSR count). The summed E-state index contributed by atoms with van der Waals surface area (Å²) in [6.07, 6.45) is 0. The molecular weight excluding hydrogens is 412 g/mol. The largest absolute Gasteiger partial charge is 0.338 e. The highest BCUT2D eigenvalue weighted by Crippen LogP contribution is 2.25. The van der Waals surface area contributed by atoms with Gasteiger partial charge in [0.05, 0.1) is 16.5 Å². The van der Waals surface area contributed by atoms with Crippen LogP contribution in [0.3, 0.4) is 0 Å². The van der Waals surface area contributed by atoms with Crippen molar-refractivity contribution in [1.29, 1.82) is 5.26 Å². The van der Waals surface area contributed by atoms with Gasteiger partial charge in [-0.1, -0.05) is 44.2 Å². The second-order valence-electron chi connectivity index (χ2n) is 7.40. The van der Waals surface area contributed by atoms with Gasteiger partial charge in [-0.2, -0.15) is 9.57 Å². The van der Waals surface area contributed by atoms with Crippen molar-refractivity contribution in [2.75, 3.05) is 39.3 Å². The van der Waals surface area contributed by atoms with Crippen molar-refractivity contribution in [1.82, 2.24) is 14.1 Å². The van der Waals surface area contributed by atoms with Crippen LogP contribution >= 0.6 is 0 Å². The Kier molecular flexibility index (Phi) is 7.44. The van der Waals surface area contributed by atoms with Gasteiger partial charge in [0.25, 0.3) is 0 Å². The van der Waals surface area contributed by atoms with Gasteiger partial charge in [-0.15, -0.1) is 0 Å². The number of benzene rings is 2. The molecule has 164 valence electrons. The lowest BCUT2D eigenvalue weighted by molar-refractivity contribution is -0.138. The highest BCUT2D eigenvalue weighted by atomic mass is 32.2. The molecule has 1 unspecified atom stereocenters. The Balaban J connectivity index is 1.74. The van der Waals surface area contributed by atoms with Crippen LogP contribution in [-0.2, 0) is 14.8 Å². The van der Waals surface area contributed by atoms with E-state index in [2.05, 4.69) is 4.90 Å². The molecule has 1 heterocycles. The summed E-state index contributed by atoms with van der Waals surface area (Å²) < 4.78 is 27.3. The number of likely N-dealkylation sites (N-methyl/N-ethyl adjacent to an activating group) is 1. The molecule has 0 saturated carbocycles. The second-order valence-corrected chi connectivity index (χ2v) is 9.34. The van der Waals surface area contributed by atoms with Crippen molar-refractivity contribution in [3.63, 3.8) is 0 Å². The van der Waals surface area contributed by atoms with Crippen LogP contribution in [0.15, 0.2) is 59.5 Å². The lowest BCUT2D eigenvalue weighted by atomic mass is 10.0. The Morgan fingerprint density at radius 1 is 1.00 bits per heavy atom. The molecule has 1 fully saturated rings. The van der Waals surface area contributed by atoms with Gasteiger partial charge < -0.3 is 4.90 Å². The van der Waals surface area contributed by atoms with E-state index in [4.69, 9.17) is 5.26 Å². The third-order valence-corrected chi connectivity index (χ3v) is 7.61. The summed E-state index contributed by atoms with van der Waals surface area (Å²) in [6, 6.07) is 17.2. The molecular formula is C23H28N4O3S. The van der Waals surface area contributed by atoms with Crippen LogP contribution in [0.1, 0.15) is 31.0 Å². The minimum absolute atomic E-state index is 0.00493. The Morgan fingerprint density at radius 3 is 2.10 bits per heavy atom. The normalized spacial score (nSPS) is 16.1. The Morgan fingerprint density at radius 2 is 1.58 bits per heavy atom. The standard InChI is InChI=1S/C23H28N4O3S/c1-3-25(4-2)22(20-8-6-5-7-9-20)23(28)26-14-16-27(17-15-26)31(29,30)21-12-10-19(18-24)11-13-21/h5-13,22H,3-4,14-17H2,1-2H3. The molecule has 1 atom stereocenters. The summed E-state index contributed by atoms with van der Waals surface area (Å²) >= 11 is 0. The third kappa shape index (κ3) is 4.96. The van der Waals surface area contributed by atoms with E-state index in [0.29, 0.717) is 18.7 Å². The predicted molar refractivity (Wildman–Crippen MR) is 119 cm³/mol. The van der Waals surface area contributed by atoms with E-state index >= 15 is 0 Å². The minimum atomic E-state index is -3.66. The number of hydrogen-bond donors (Lipinski definition) is 0. The first-order chi connectivity index (χ1) is 14.9. The van der Waals surface area contributed by atoms with Crippen molar-refractivity contribution in [2.24, 2.45) is 0 Å². The number of carbonyl (C=O) groups is 1. The van der Waals surface area contributed by atoms with Gasteiger partial charge in [0.15, 0.2) is 0 Å². The molecule has 2 aromatic carbocycles. The van der Waals surface area contributed by atoms with Crippen molar-refractivity contribution < 1.29 is 13.2 Å². The van der Waals surface area contributed by atoms with Crippen LogP contribution < -0.4 is 0 Å². The van der Waals surface area contributed by atoms with Crippen molar-refractivity contribution >= 4 is 15.9 Å². The molecule has 0 spiro atoms. The number of carbonyl (C=O) groups excluding carboxylic acids is 1.